The summed E-state index contributed by atoms with van der Waals surface area (Å²) >= 11 is 0. The maximum absolute atomic E-state index is 13.2. The minimum Gasteiger partial charge on any atom is -0.469 e. The standard InChI is InChI=1S/C11H13F2NO2/c1-16-11(15)6-9(14)5-7-4-8(12)2-3-10(7)13/h2-4,9H,5-6,14H2,1H3/t9-/m1/s1. The van der Waals surface area contributed by atoms with Gasteiger partial charge in [-0.1, -0.05) is 0 Å². The highest BCUT2D eigenvalue weighted by Gasteiger charge is 2.13. The molecule has 0 spiro atoms. The van der Waals surface area contributed by atoms with Crippen molar-refractivity contribution in [3.8, 4) is 0 Å². The highest BCUT2D eigenvalue weighted by Crippen LogP contribution is 2.12. The first kappa shape index (κ1) is 12.6. The van der Waals surface area contributed by atoms with Gasteiger partial charge in [-0.05, 0) is 30.2 Å². The molecule has 0 aromatic heterocycles. The van der Waals surface area contributed by atoms with E-state index in [-0.39, 0.29) is 18.4 Å². The molecule has 0 aliphatic heterocycles. The van der Waals surface area contributed by atoms with Crippen LogP contribution in [0.25, 0.3) is 0 Å². The van der Waals surface area contributed by atoms with Crippen LogP contribution in [-0.4, -0.2) is 19.1 Å². The van der Waals surface area contributed by atoms with Crippen LogP contribution in [0.1, 0.15) is 12.0 Å². The molecule has 1 aromatic rings. The molecule has 0 unspecified atom stereocenters. The van der Waals surface area contributed by atoms with Crippen molar-refractivity contribution in [2.75, 3.05) is 7.11 Å². The van der Waals surface area contributed by atoms with Crippen molar-refractivity contribution >= 4 is 5.97 Å². The van der Waals surface area contributed by atoms with Crippen molar-refractivity contribution in [1.29, 1.82) is 0 Å². The summed E-state index contributed by atoms with van der Waals surface area (Å²) in [5.74, 6) is -1.52. The number of methoxy groups -OCH3 is 1. The number of nitrogens with two attached hydrogens (primary N) is 1. The van der Waals surface area contributed by atoms with Gasteiger partial charge in [-0.2, -0.15) is 0 Å². The van der Waals surface area contributed by atoms with E-state index in [2.05, 4.69) is 4.74 Å². The van der Waals surface area contributed by atoms with Crippen LogP contribution >= 0.6 is 0 Å². The average Bonchev–Trinajstić information content (AvgIpc) is 2.23. The smallest absolute Gasteiger partial charge is 0.307 e. The van der Waals surface area contributed by atoms with Crippen LogP contribution in [-0.2, 0) is 16.0 Å². The summed E-state index contributed by atoms with van der Waals surface area (Å²) in [7, 11) is 1.25. The van der Waals surface area contributed by atoms with Crippen LogP contribution < -0.4 is 5.73 Å². The van der Waals surface area contributed by atoms with Crippen molar-refractivity contribution in [2.45, 2.75) is 18.9 Å². The molecule has 0 aliphatic rings. The molecule has 2 N–H and O–H groups in total. The molecule has 0 saturated heterocycles. The Hall–Kier alpha value is -1.49. The summed E-state index contributed by atoms with van der Waals surface area (Å²) in [6, 6.07) is 2.57. The predicted octanol–water partition coefficient (Wildman–Crippen LogP) is 1.40. The minimum absolute atomic E-state index is 0.0214. The molecule has 1 rings (SSSR count). The van der Waals surface area contributed by atoms with Crippen LogP contribution in [0.3, 0.4) is 0 Å². The van der Waals surface area contributed by atoms with Crippen molar-refractivity contribution < 1.29 is 18.3 Å². The minimum atomic E-state index is -0.580. The van der Waals surface area contributed by atoms with Crippen LogP contribution in [0.2, 0.25) is 0 Å². The van der Waals surface area contributed by atoms with Gasteiger partial charge in [0.2, 0.25) is 0 Å². The second-order valence-corrected chi connectivity index (χ2v) is 3.48. The predicted molar refractivity (Wildman–Crippen MR) is 54.7 cm³/mol. The molecule has 5 heteroatoms. The Balaban J connectivity index is 2.65. The third kappa shape index (κ3) is 3.58. The lowest BCUT2D eigenvalue weighted by Crippen LogP contribution is -2.27. The third-order valence-corrected chi connectivity index (χ3v) is 2.15. The van der Waals surface area contributed by atoms with Gasteiger partial charge in [0.15, 0.2) is 0 Å². The summed E-state index contributed by atoms with van der Waals surface area (Å²) in [6.45, 7) is 0. The second kappa shape index (κ2) is 5.55. The first-order chi connectivity index (χ1) is 7.52. The molecular weight excluding hydrogens is 216 g/mol. The monoisotopic (exact) mass is 229 g/mol. The van der Waals surface area contributed by atoms with Crippen molar-refractivity contribution in [2.24, 2.45) is 5.73 Å². The van der Waals surface area contributed by atoms with E-state index in [4.69, 9.17) is 5.73 Å². The molecule has 0 fully saturated rings. The normalized spacial score (nSPS) is 12.2. The Morgan fingerprint density at radius 2 is 2.19 bits per heavy atom. The van der Waals surface area contributed by atoms with E-state index >= 15 is 0 Å². The van der Waals surface area contributed by atoms with Gasteiger partial charge in [0.25, 0.3) is 0 Å². The van der Waals surface area contributed by atoms with E-state index in [9.17, 15) is 13.6 Å². The highest BCUT2D eigenvalue weighted by molar-refractivity contribution is 5.69. The zero-order chi connectivity index (χ0) is 12.1. The van der Waals surface area contributed by atoms with Crippen LogP contribution in [0.4, 0.5) is 8.78 Å². The Morgan fingerprint density at radius 3 is 2.81 bits per heavy atom. The van der Waals surface area contributed by atoms with Crippen LogP contribution in [0, 0.1) is 11.6 Å². The molecule has 0 saturated carbocycles. The van der Waals surface area contributed by atoms with Gasteiger partial charge in [0.1, 0.15) is 11.6 Å². The molecule has 0 heterocycles. The topological polar surface area (TPSA) is 52.3 Å². The summed E-state index contributed by atoms with van der Waals surface area (Å²) in [5.41, 5.74) is 5.77. The largest absolute Gasteiger partial charge is 0.469 e. The lowest BCUT2D eigenvalue weighted by molar-refractivity contribution is -0.140. The Morgan fingerprint density at radius 1 is 1.50 bits per heavy atom. The molecule has 1 aromatic carbocycles. The number of esters is 1. The van der Waals surface area contributed by atoms with Gasteiger partial charge in [0, 0.05) is 6.04 Å². The fourth-order valence-corrected chi connectivity index (χ4v) is 1.35. The van der Waals surface area contributed by atoms with Gasteiger partial charge in [-0.15, -0.1) is 0 Å². The van der Waals surface area contributed by atoms with Gasteiger partial charge < -0.3 is 10.5 Å². The molecule has 0 radical (unpaired) electrons. The van der Waals surface area contributed by atoms with E-state index in [1.54, 1.807) is 0 Å². The maximum atomic E-state index is 13.2. The maximum Gasteiger partial charge on any atom is 0.307 e. The van der Waals surface area contributed by atoms with Crippen molar-refractivity contribution in [3.05, 3.63) is 35.4 Å². The summed E-state index contributed by atoms with van der Waals surface area (Å²) in [4.78, 5) is 10.9. The first-order valence-electron chi connectivity index (χ1n) is 4.79. The Labute approximate surface area is 92.2 Å². The van der Waals surface area contributed by atoms with Crippen molar-refractivity contribution in [3.63, 3.8) is 0 Å². The number of carbonyl (C=O) groups excluding carboxylic acids is 1. The summed E-state index contributed by atoms with van der Waals surface area (Å²) in [5, 5.41) is 0. The first-order valence-corrected chi connectivity index (χ1v) is 4.79. The average molecular weight is 229 g/mol. The van der Waals surface area contributed by atoms with Crippen molar-refractivity contribution in [1.82, 2.24) is 0 Å². The molecule has 1 atom stereocenters. The van der Waals surface area contributed by atoms with E-state index < -0.39 is 23.6 Å². The molecule has 0 amide bonds. The fraction of sp³-hybridized carbons (Fsp3) is 0.364. The SMILES string of the molecule is COC(=O)C[C@H](N)Cc1cc(F)ccc1F. The molecule has 0 aliphatic carbocycles. The molecule has 88 valence electrons. The molecule has 16 heavy (non-hydrogen) atoms. The fourth-order valence-electron chi connectivity index (χ4n) is 1.35. The third-order valence-electron chi connectivity index (χ3n) is 2.15. The Bertz CT molecular complexity index is 382. The number of carbonyl (C=O) groups is 1. The van der Waals surface area contributed by atoms with Gasteiger partial charge >= 0.3 is 5.97 Å². The molecule has 3 nitrogen and oxygen atoms in total. The van der Waals surface area contributed by atoms with E-state index in [1.807, 2.05) is 0 Å². The van der Waals surface area contributed by atoms with Gasteiger partial charge in [0.05, 0.1) is 13.5 Å². The number of halogens is 2. The second-order valence-electron chi connectivity index (χ2n) is 3.48. The lowest BCUT2D eigenvalue weighted by Gasteiger charge is -2.10. The molecule has 0 bridgehead atoms. The van der Waals surface area contributed by atoms with Crippen LogP contribution in [0.15, 0.2) is 18.2 Å². The number of hydrogen-bond acceptors (Lipinski definition) is 3. The quantitative estimate of drug-likeness (QED) is 0.794. The highest BCUT2D eigenvalue weighted by atomic mass is 19.1. The number of benzene rings is 1. The van der Waals surface area contributed by atoms with Crippen LogP contribution in [0.5, 0.6) is 0 Å². The van der Waals surface area contributed by atoms with Gasteiger partial charge in [-0.3, -0.25) is 4.79 Å². The summed E-state index contributed by atoms with van der Waals surface area (Å²) < 4.78 is 30.5. The number of rotatable bonds is 4. The zero-order valence-electron chi connectivity index (χ0n) is 8.87. The Kier molecular flexibility index (Phi) is 4.37. The number of hydrogen-bond donors (Lipinski definition) is 1. The van der Waals surface area contributed by atoms with Gasteiger partial charge in [-0.25, -0.2) is 8.78 Å². The summed E-state index contributed by atoms with van der Waals surface area (Å²) in [6.07, 6.45) is 0.0746. The van der Waals surface area contributed by atoms with E-state index in [1.165, 1.54) is 7.11 Å². The van der Waals surface area contributed by atoms with E-state index in [0.717, 1.165) is 18.2 Å². The lowest BCUT2D eigenvalue weighted by atomic mass is 10.0. The number of ether oxygens (including phenoxy) is 1. The van der Waals surface area contributed by atoms with E-state index in [0.29, 0.717) is 0 Å². The zero-order valence-corrected chi connectivity index (χ0v) is 8.87. The molecular formula is C11H13F2NO2.